The molecule has 0 aromatic rings. The lowest BCUT2D eigenvalue weighted by Crippen LogP contribution is -2.33. The molecule has 64 valence electrons. The van der Waals surface area contributed by atoms with Gasteiger partial charge in [-0.25, -0.2) is 0 Å². The number of alkyl halides is 1. The Balaban J connectivity index is 2.08. The first-order valence-corrected chi connectivity index (χ1v) is 5.81. The summed E-state index contributed by atoms with van der Waals surface area (Å²) in [7, 11) is 0. The Hall–Kier alpha value is 0.650. The number of halogens is 1. The van der Waals surface area contributed by atoms with E-state index in [0.29, 0.717) is 18.1 Å². The Kier molecular flexibility index (Phi) is 2.39. The third-order valence-corrected chi connectivity index (χ3v) is 4.06. The molecule has 11 heavy (non-hydrogen) atoms. The van der Waals surface area contributed by atoms with Crippen LogP contribution in [-0.2, 0) is 4.74 Å². The maximum atomic E-state index is 5.79. The van der Waals surface area contributed by atoms with Crippen LogP contribution in [0.25, 0.3) is 0 Å². The maximum Gasteiger partial charge on any atom is 0.0624 e. The van der Waals surface area contributed by atoms with Gasteiger partial charge in [-0.15, -0.1) is 0 Å². The SMILES string of the molecule is NCC1C2CCC(O2)C1CI. The third kappa shape index (κ3) is 1.21. The molecule has 0 aromatic carbocycles. The van der Waals surface area contributed by atoms with Gasteiger partial charge in [0, 0.05) is 16.3 Å². The van der Waals surface area contributed by atoms with Crippen LogP contribution >= 0.6 is 22.6 Å². The Bertz CT molecular complexity index is 137. The average molecular weight is 267 g/mol. The van der Waals surface area contributed by atoms with Gasteiger partial charge in [0.25, 0.3) is 0 Å². The Morgan fingerprint density at radius 1 is 1.27 bits per heavy atom. The minimum absolute atomic E-state index is 0.504. The van der Waals surface area contributed by atoms with Gasteiger partial charge in [-0.2, -0.15) is 0 Å². The molecule has 0 aromatic heterocycles. The molecule has 2 N–H and O–H groups in total. The minimum atomic E-state index is 0.504. The van der Waals surface area contributed by atoms with Crippen molar-refractivity contribution in [3.05, 3.63) is 0 Å². The number of fused-ring (bicyclic) bond motifs is 2. The zero-order valence-electron chi connectivity index (χ0n) is 6.50. The van der Waals surface area contributed by atoms with Crippen molar-refractivity contribution in [1.82, 2.24) is 0 Å². The first-order valence-electron chi connectivity index (χ1n) is 4.28. The molecule has 4 unspecified atom stereocenters. The number of hydrogen-bond acceptors (Lipinski definition) is 2. The second-order valence-corrected chi connectivity index (χ2v) is 4.39. The predicted molar refractivity (Wildman–Crippen MR) is 52.8 cm³/mol. The molecule has 0 spiro atoms. The first kappa shape index (κ1) is 8.26. The summed E-state index contributed by atoms with van der Waals surface area (Å²) in [5.41, 5.74) is 5.70. The lowest BCUT2D eigenvalue weighted by atomic mass is 9.81. The lowest BCUT2D eigenvalue weighted by Gasteiger charge is -2.24. The zero-order chi connectivity index (χ0) is 7.84. The topological polar surface area (TPSA) is 35.2 Å². The van der Waals surface area contributed by atoms with E-state index < -0.39 is 0 Å². The van der Waals surface area contributed by atoms with Crippen molar-refractivity contribution >= 4 is 22.6 Å². The van der Waals surface area contributed by atoms with Crippen LogP contribution in [0.5, 0.6) is 0 Å². The molecule has 3 heteroatoms. The van der Waals surface area contributed by atoms with E-state index in [0.717, 1.165) is 12.5 Å². The molecule has 2 aliphatic heterocycles. The summed E-state index contributed by atoms with van der Waals surface area (Å²) < 4.78 is 7.00. The fourth-order valence-electron chi connectivity index (χ4n) is 2.41. The number of rotatable bonds is 2. The van der Waals surface area contributed by atoms with Crippen LogP contribution in [-0.4, -0.2) is 23.2 Å². The fourth-order valence-corrected chi connectivity index (χ4v) is 3.63. The van der Waals surface area contributed by atoms with Gasteiger partial charge in [-0.3, -0.25) is 0 Å². The van der Waals surface area contributed by atoms with Crippen LogP contribution in [0.4, 0.5) is 0 Å². The van der Waals surface area contributed by atoms with Crippen LogP contribution in [0, 0.1) is 11.8 Å². The predicted octanol–water partition coefficient (Wildman–Crippen LogP) is 1.17. The number of hydrogen-bond donors (Lipinski definition) is 1. The molecule has 0 saturated carbocycles. The average Bonchev–Trinajstić information content (AvgIpc) is 2.60. The van der Waals surface area contributed by atoms with Crippen molar-refractivity contribution in [1.29, 1.82) is 0 Å². The van der Waals surface area contributed by atoms with Gasteiger partial charge in [0.2, 0.25) is 0 Å². The molecule has 0 radical (unpaired) electrons. The minimum Gasteiger partial charge on any atom is -0.374 e. The molecule has 0 amide bonds. The lowest BCUT2D eigenvalue weighted by molar-refractivity contribution is 0.0894. The van der Waals surface area contributed by atoms with E-state index in [4.69, 9.17) is 10.5 Å². The van der Waals surface area contributed by atoms with Gasteiger partial charge >= 0.3 is 0 Å². The van der Waals surface area contributed by atoms with E-state index in [1.165, 1.54) is 17.3 Å². The second-order valence-electron chi connectivity index (χ2n) is 3.51. The molecule has 4 atom stereocenters. The van der Waals surface area contributed by atoms with Crippen molar-refractivity contribution in [2.24, 2.45) is 17.6 Å². The molecule has 2 nitrogen and oxygen atoms in total. The smallest absolute Gasteiger partial charge is 0.0624 e. The Morgan fingerprint density at radius 2 is 1.91 bits per heavy atom. The largest absolute Gasteiger partial charge is 0.374 e. The highest BCUT2D eigenvalue weighted by atomic mass is 127. The molecule has 2 fully saturated rings. The summed E-state index contributed by atoms with van der Waals surface area (Å²) in [6, 6.07) is 0. The molecular formula is C8H14INO. The van der Waals surface area contributed by atoms with Gasteiger partial charge < -0.3 is 10.5 Å². The standard InChI is InChI=1S/C8H14INO/c9-3-5-6(4-10)8-2-1-7(5)11-8/h5-8H,1-4,10H2. The highest BCUT2D eigenvalue weighted by Gasteiger charge is 2.47. The van der Waals surface area contributed by atoms with E-state index in [2.05, 4.69) is 22.6 Å². The van der Waals surface area contributed by atoms with E-state index in [1.54, 1.807) is 0 Å². The highest BCUT2D eigenvalue weighted by Crippen LogP contribution is 2.43. The van der Waals surface area contributed by atoms with Gasteiger partial charge in [0.1, 0.15) is 0 Å². The molecule has 2 aliphatic rings. The second kappa shape index (κ2) is 3.18. The van der Waals surface area contributed by atoms with Crippen molar-refractivity contribution < 1.29 is 4.74 Å². The van der Waals surface area contributed by atoms with Crippen LogP contribution in [0.1, 0.15) is 12.8 Å². The van der Waals surface area contributed by atoms with Crippen LogP contribution in [0.3, 0.4) is 0 Å². The van der Waals surface area contributed by atoms with Crippen molar-refractivity contribution in [2.45, 2.75) is 25.0 Å². The summed E-state index contributed by atoms with van der Waals surface area (Å²) in [4.78, 5) is 0. The molecular weight excluding hydrogens is 253 g/mol. The normalized spacial score (nSPS) is 48.5. The summed E-state index contributed by atoms with van der Waals surface area (Å²) >= 11 is 2.45. The molecule has 2 saturated heterocycles. The fraction of sp³-hybridized carbons (Fsp3) is 1.00. The van der Waals surface area contributed by atoms with Crippen molar-refractivity contribution in [3.8, 4) is 0 Å². The van der Waals surface area contributed by atoms with E-state index >= 15 is 0 Å². The zero-order valence-corrected chi connectivity index (χ0v) is 8.66. The molecule has 0 aliphatic carbocycles. The monoisotopic (exact) mass is 267 g/mol. The Morgan fingerprint density at radius 3 is 2.36 bits per heavy atom. The molecule has 2 rings (SSSR count). The quantitative estimate of drug-likeness (QED) is 0.602. The summed E-state index contributed by atoms with van der Waals surface area (Å²) in [6.07, 6.45) is 3.57. The maximum absolute atomic E-state index is 5.79. The summed E-state index contributed by atoms with van der Waals surface area (Å²) in [5.74, 6) is 1.41. The van der Waals surface area contributed by atoms with Crippen LogP contribution in [0.2, 0.25) is 0 Å². The highest BCUT2D eigenvalue weighted by molar-refractivity contribution is 14.1. The van der Waals surface area contributed by atoms with Gasteiger partial charge in [-0.05, 0) is 19.4 Å². The van der Waals surface area contributed by atoms with E-state index in [9.17, 15) is 0 Å². The molecule has 2 bridgehead atoms. The van der Waals surface area contributed by atoms with Gasteiger partial charge in [-0.1, -0.05) is 22.6 Å². The number of nitrogens with two attached hydrogens (primary N) is 1. The summed E-state index contributed by atoms with van der Waals surface area (Å²) in [5, 5.41) is 0. The van der Waals surface area contributed by atoms with Crippen molar-refractivity contribution in [2.75, 3.05) is 11.0 Å². The van der Waals surface area contributed by atoms with Gasteiger partial charge in [0.15, 0.2) is 0 Å². The number of ether oxygens (including phenoxy) is 1. The third-order valence-electron chi connectivity index (χ3n) is 3.04. The van der Waals surface area contributed by atoms with Crippen LogP contribution < -0.4 is 5.73 Å². The first-order chi connectivity index (χ1) is 5.36. The van der Waals surface area contributed by atoms with Gasteiger partial charge in [0.05, 0.1) is 12.2 Å². The van der Waals surface area contributed by atoms with E-state index in [-0.39, 0.29) is 0 Å². The Labute approximate surface area is 81.0 Å². The van der Waals surface area contributed by atoms with Crippen molar-refractivity contribution in [3.63, 3.8) is 0 Å². The van der Waals surface area contributed by atoms with E-state index in [1.807, 2.05) is 0 Å². The van der Waals surface area contributed by atoms with Crippen LogP contribution in [0.15, 0.2) is 0 Å². The summed E-state index contributed by atoms with van der Waals surface area (Å²) in [6.45, 7) is 0.814. The molecule has 2 heterocycles.